The maximum Gasteiger partial charge on any atom is 0.220 e. The molecule has 0 aromatic heterocycles. The topological polar surface area (TPSA) is 65.5 Å². The first kappa shape index (κ1) is 17.6. The number of aliphatic imine (C=N–C) groups is 1. The number of amides is 1. The molecule has 3 N–H and O–H groups in total. The quantitative estimate of drug-likeness (QED) is 0.388. The zero-order valence-electron chi connectivity index (χ0n) is 13.6. The average Bonchev–Trinajstić information content (AvgIpc) is 3.34. The Morgan fingerprint density at radius 1 is 1.26 bits per heavy atom. The summed E-state index contributed by atoms with van der Waals surface area (Å²) in [6.45, 7) is 4.15. The van der Waals surface area contributed by atoms with Crippen molar-refractivity contribution in [3.8, 4) is 0 Å². The van der Waals surface area contributed by atoms with Gasteiger partial charge in [-0.05, 0) is 43.9 Å². The predicted molar refractivity (Wildman–Crippen MR) is 94.7 cm³/mol. The Hall–Kier alpha value is -1.75. The highest BCUT2D eigenvalue weighted by atomic mass is 35.5. The molecule has 2 rings (SSSR count). The van der Waals surface area contributed by atoms with E-state index in [0.29, 0.717) is 19.0 Å². The highest BCUT2D eigenvalue weighted by Crippen LogP contribution is 2.18. The summed E-state index contributed by atoms with van der Waals surface area (Å²) in [5.41, 5.74) is 1.11. The summed E-state index contributed by atoms with van der Waals surface area (Å²) in [5, 5.41) is 10.2. The van der Waals surface area contributed by atoms with Gasteiger partial charge < -0.3 is 16.0 Å². The second-order valence-corrected chi connectivity index (χ2v) is 6.13. The molecule has 1 saturated carbocycles. The molecule has 5 nitrogen and oxygen atoms in total. The van der Waals surface area contributed by atoms with Crippen LogP contribution in [0.2, 0.25) is 5.02 Å². The van der Waals surface area contributed by atoms with E-state index in [1.54, 1.807) is 0 Å². The molecular weight excluding hydrogens is 312 g/mol. The SMILES string of the molecule is CCNC(=NCc1ccc(Cl)cc1)NCCCC(=O)NC1CC1. The maximum atomic E-state index is 11.6. The zero-order chi connectivity index (χ0) is 16.5. The van der Waals surface area contributed by atoms with Crippen LogP contribution in [-0.4, -0.2) is 31.0 Å². The molecular formula is C17H25ClN4O. The van der Waals surface area contributed by atoms with Crippen molar-refractivity contribution in [2.45, 2.75) is 45.2 Å². The van der Waals surface area contributed by atoms with Crippen LogP contribution in [0.3, 0.4) is 0 Å². The van der Waals surface area contributed by atoms with Crippen LogP contribution in [0.4, 0.5) is 0 Å². The highest BCUT2D eigenvalue weighted by molar-refractivity contribution is 6.30. The molecule has 23 heavy (non-hydrogen) atoms. The van der Waals surface area contributed by atoms with Crippen LogP contribution in [0.5, 0.6) is 0 Å². The van der Waals surface area contributed by atoms with E-state index in [1.165, 1.54) is 0 Å². The molecule has 1 fully saturated rings. The van der Waals surface area contributed by atoms with Gasteiger partial charge in [0.1, 0.15) is 0 Å². The monoisotopic (exact) mass is 336 g/mol. The fourth-order valence-corrected chi connectivity index (χ4v) is 2.21. The Morgan fingerprint density at radius 3 is 2.65 bits per heavy atom. The van der Waals surface area contributed by atoms with Gasteiger partial charge >= 0.3 is 0 Å². The van der Waals surface area contributed by atoms with Gasteiger partial charge in [0.2, 0.25) is 5.91 Å². The largest absolute Gasteiger partial charge is 0.357 e. The van der Waals surface area contributed by atoms with Crippen LogP contribution >= 0.6 is 11.6 Å². The van der Waals surface area contributed by atoms with Gasteiger partial charge in [-0.1, -0.05) is 23.7 Å². The molecule has 1 amide bonds. The lowest BCUT2D eigenvalue weighted by Gasteiger charge is -2.11. The van der Waals surface area contributed by atoms with E-state index >= 15 is 0 Å². The van der Waals surface area contributed by atoms with E-state index in [0.717, 1.165) is 48.9 Å². The number of guanidine groups is 1. The molecule has 0 bridgehead atoms. The summed E-state index contributed by atoms with van der Waals surface area (Å²) in [6, 6.07) is 8.11. The minimum Gasteiger partial charge on any atom is -0.357 e. The molecule has 0 atom stereocenters. The average molecular weight is 337 g/mol. The van der Waals surface area contributed by atoms with Gasteiger partial charge in [0.15, 0.2) is 5.96 Å². The van der Waals surface area contributed by atoms with Gasteiger partial charge in [0.25, 0.3) is 0 Å². The molecule has 0 unspecified atom stereocenters. The number of rotatable bonds is 8. The van der Waals surface area contributed by atoms with E-state index in [2.05, 4.69) is 20.9 Å². The summed E-state index contributed by atoms with van der Waals surface area (Å²) in [5.74, 6) is 0.919. The minimum atomic E-state index is 0.150. The van der Waals surface area contributed by atoms with Gasteiger partial charge in [-0.2, -0.15) is 0 Å². The van der Waals surface area contributed by atoms with Crippen LogP contribution < -0.4 is 16.0 Å². The second-order valence-electron chi connectivity index (χ2n) is 5.69. The van der Waals surface area contributed by atoms with Gasteiger partial charge in [0.05, 0.1) is 6.54 Å². The van der Waals surface area contributed by atoms with Gasteiger partial charge in [0, 0.05) is 30.6 Å². The lowest BCUT2D eigenvalue weighted by molar-refractivity contribution is -0.121. The molecule has 1 aliphatic rings. The van der Waals surface area contributed by atoms with Gasteiger partial charge in [-0.25, -0.2) is 4.99 Å². The zero-order valence-corrected chi connectivity index (χ0v) is 14.3. The lowest BCUT2D eigenvalue weighted by atomic mass is 10.2. The highest BCUT2D eigenvalue weighted by Gasteiger charge is 2.22. The molecule has 126 valence electrons. The van der Waals surface area contributed by atoms with Crippen LogP contribution in [0.1, 0.15) is 38.2 Å². The number of carbonyl (C=O) groups excluding carboxylic acids is 1. The Kier molecular flexibility index (Phi) is 7.20. The molecule has 0 spiro atoms. The first-order valence-electron chi connectivity index (χ1n) is 8.23. The van der Waals surface area contributed by atoms with Crippen LogP contribution in [0.25, 0.3) is 0 Å². The van der Waals surface area contributed by atoms with Crippen molar-refractivity contribution in [2.24, 2.45) is 4.99 Å². The molecule has 1 aliphatic carbocycles. The first-order valence-corrected chi connectivity index (χ1v) is 8.61. The third kappa shape index (κ3) is 7.37. The van der Waals surface area contributed by atoms with E-state index in [9.17, 15) is 4.79 Å². The van der Waals surface area contributed by atoms with Crippen molar-refractivity contribution >= 4 is 23.5 Å². The van der Waals surface area contributed by atoms with Crippen molar-refractivity contribution < 1.29 is 4.79 Å². The van der Waals surface area contributed by atoms with Gasteiger partial charge in [-0.3, -0.25) is 4.79 Å². The standard InChI is InChI=1S/C17H25ClN4O/c1-2-19-17(21-12-13-5-7-14(18)8-6-13)20-11-3-4-16(23)22-15-9-10-15/h5-8,15H,2-4,9-12H2,1H3,(H,22,23)(H2,19,20,21). The van der Waals surface area contributed by atoms with Crippen LogP contribution in [0.15, 0.2) is 29.3 Å². The molecule has 1 aromatic rings. The Bertz CT molecular complexity index is 526. The molecule has 6 heteroatoms. The Balaban J connectivity index is 1.70. The molecule has 0 heterocycles. The smallest absolute Gasteiger partial charge is 0.220 e. The number of halogens is 1. The fraction of sp³-hybridized carbons (Fsp3) is 0.529. The van der Waals surface area contributed by atoms with Crippen LogP contribution in [0, 0.1) is 0 Å². The molecule has 0 radical (unpaired) electrons. The van der Waals surface area contributed by atoms with Gasteiger partial charge in [-0.15, -0.1) is 0 Å². The van der Waals surface area contributed by atoms with E-state index in [1.807, 2.05) is 31.2 Å². The summed E-state index contributed by atoms with van der Waals surface area (Å²) in [4.78, 5) is 16.1. The van der Waals surface area contributed by atoms with Crippen molar-refractivity contribution in [1.29, 1.82) is 0 Å². The molecule has 0 aliphatic heterocycles. The number of nitrogens with zero attached hydrogens (tertiary/aromatic N) is 1. The summed E-state index contributed by atoms with van der Waals surface area (Å²) in [6.07, 6.45) is 3.61. The van der Waals surface area contributed by atoms with Crippen molar-refractivity contribution in [2.75, 3.05) is 13.1 Å². The number of nitrogens with one attached hydrogen (secondary N) is 3. The Labute approximate surface area is 142 Å². The number of carbonyl (C=O) groups is 1. The first-order chi connectivity index (χ1) is 11.2. The fourth-order valence-electron chi connectivity index (χ4n) is 2.09. The van der Waals surface area contributed by atoms with Crippen LogP contribution in [-0.2, 0) is 11.3 Å². The predicted octanol–water partition coefficient (Wildman–Crippen LogP) is 2.45. The van der Waals surface area contributed by atoms with E-state index < -0.39 is 0 Å². The number of benzene rings is 1. The van der Waals surface area contributed by atoms with Crippen molar-refractivity contribution in [3.63, 3.8) is 0 Å². The molecule has 1 aromatic carbocycles. The summed E-state index contributed by atoms with van der Waals surface area (Å²) >= 11 is 5.88. The van der Waals surface area contributed by atoms with Crippen molar-refractivity contribution in [1.82, 2.24) is 16.0 Å². The molecule has 0 saturated heterocycles. The maximum absolute atomic E-state index is 11.6. The van der Waals surface area contributed by atoms with E-state index in [4.69, 9.17) is 11.6 Å². The minimum absolute atomic E-state index is 0.150. The third-order valence-corrected chi connectivity index (χ3v) is 3.74. The second kappa shape index (κ2) is 9.40. The summed E-state index contributed by atoms with van der Waals surface area (Å²) in [7, 11) is 0. The van der Waals surface area contributed by atoms with E-state index in [-0.39, 0.29) is 5.91 Å². The van der Waals surface area contributed by atoms with Crippen molar-refractivity contribution in [3.05, 3.63) is 34.9 Å². The number of hydrogen-bond donors (Lipinski definition) is 3. The lowest BCUT2D eigenvalue weighted by Crippen LogP contribution is -2.38. The third-order valence-electron chi connectivity index (χ3n) is 3.49. The number of hydrogen-bond acceptors (Lipinski definition) is 2. The Morgan fingerprint density at radius 2 is 2.00 bits per heavy atom. The normalized spacial score (nSPS) is 14.4. The summed E-state index contributed by atoms with van der Waals surface area (Å²) < 4.78 is 0.